The van der Waals surface area contributed by atoms with E-state index in [-0.39, 0.29) is 0 Å². The fourth-order valence-electron chi connectivity index (χ4n) is 2.84. The van der Waals surface area contributed by atoms with Gasteiger partial charge in [-0.3, -0.25) is 0 Å². The molecule has 0 aromatic rings. The highest BCUT2D eigenvalue weighted by molar-refractivity contribution is 4.87. The van der Waals surface area contributed by atoms with Gasteiger partial charge in [0.2, 0.25) is 0 Å². The van der Waals surface area contributed by atoms with Crippen molar-refractivity contribution in [3.63, 3.8) is 0 Å². The van der Waals surface area contributed by atoms with Crippen LogP contribution in [0.5, 0.6) is 0 Å². The predicted molar refractivity (Wildman–Crippen MR) is 75.9 cm³/mol. The van der Waals surface area contributed by atoms with E-state index in [0.717, 1.165) is 39.2 Å². The Morgan fingerprint density at radius 1 is 1.22 bits per heavy atom. The largest absolute Gasteiger partial charge is 0.381 e. The molecule has 0 aromatic carbocycles. The Morgan fingerprint density at radius 3 is 2.39 bits per heavy atom. The van der Waals surface area contributed by atoms with Gasteiger partial charge in [-0.2, -0.15) is 0 Å². The van der Waals surface area contributed by atoms with E-state index in [4.69, 9.17) is 9.47 Å². The third-order valence-corrected chi connectivity index (χ3v) is 3.77. The molecule has 3 heteroatoms. The second kappa shape index (κ2) is 8.89. The predicted octanol–water partition coefficient (Wildman–Crippen LogP) is 2.84. The summed E-state index contributed by atoms with van der Waals surface area (Å²) >= 11 is 0. The summed E-state index contributed by atoms with van der Waals surface area (Å²) in [7, 11) is 0. The lowest BCUT2D eigenvalue weighted by Crippen LogP contribution is -2.50. The topological polar surface area (TPSA) is 30.5 Å². The lowest BCUT2D eigenvalue weighted by molar-refractivity contribution is -0.0331. The van der Waals surface area contributed by atoms with Crippen molar-refractivity contribution in [2.45, 2.75) is 59.1 Å². The minimum absolute atomic E-state index is 0.324. The van der Waals surface area contributed by atoms with E-state index >= 15 is 0 Å². The molecule has 0 aliphatic carbocycles. The molecular weight excluding hydrogens is 226 g/mol. The van der Waals surface area contributed by atoms with Gasteiger partial charge >= 0.3 is 0 Å². The molecule has 1 saturated heterocycles. The molecule has 1 N–H and O–H groups in total. The van der Waals surface area contributed by atoms with Crippen LogP contribution in [0.4, 0.5) is 0 Å². The summed E-state index contributed by atoms with van der Waals surface area (Å²) in [5, 5.41) is 3.72. The maximum atomic E-state index is 6.01. The van der Waals surface area contributed by atoms with E-state index in [2.05, 4.69) is 33.0 Å². The van der Waals surface area contributed by atoms with Gasteiger partial charge < -0.3 is 14.8 Å². The van der Waals surface area contributed by atoms with Gasteiger partial charge in [-0.1, -0.05) is 20.8 Å². The number of hydrogen-bond donors (Lipinski definition) is 1. The summed E-state index contributed by atoms with van der Waals surface area (Å²) in [6, 6.07) is 0.480. The molecule has 0 amide bonds. The normalized spacial score (nSPS) is 21.2. The quantitative estimate of drug-likeness (QED) is 0.725. The Kier molecular flexibility index (Phi) is 7.87. The Bertz CT molecular complexity index is 203. The van der Waals surface area contributed by atoms with Crippen LogP contribution in [0.2, 0.25) is 0 Å². The minimum atomic E-state index is 0.324. The minimum Gasteiger partial charge on any atom is -0.381 e. The zero-order valence-electron chi connectivity index (χ0n) is 12.6. The maximum absolute atomic E-state index is 6.01. The number of nitrogens with one attached hydrogen (secondary N) is 1. The molecule has 0 saturated carbocycles. The maximum Gasteiger partial charge on any atom is 0.0753 e. The lowest BCUT2D eigenvalue weighted by atomic mass is 9.84. The Labute approximate surface area is 113 Å². The highest BCUT2D eigenvalue weighted by Crippen LogP contribution is 2.25. The van der Waals surface area contributed by atoms with Crippen LogP contribution in [0.25, 0.3) is 0 Å². The van der Waals surface area contributed by atoms with Crippen molar-refractivity contribution >= 4 is 0 Å². The standard InChI is InChI=1S/C15H31NO2/c1-5-9-16-14(13-7-10-17-11-8-13)15(12(3)4)18-6-2/h12-16H,5-11H2,1-4H3. The van der Waals surface area contributed by atoms with Gasteiger partial charge in [-0.15, -0.1) is 0 Å². The zero-order chi connectivity index (χ0) is 13.4. The molecule has 3 nitrogen and oxygen atoms in total. The molecular formula is C15H31NO2. The Morgan fingerprint density at radius 2 is 1.89 bits per heavy atom. The van der Waals surface area contributed by atoms with E-state index in [1.807, 2.05) is 0 Å². The van der Waals surface area contributed by atoms with Crippen molar-refractivity contribution in [1.29, 1.82) is 0 Å². The summed E-state index contributed by atoms with van der Waals surface area (Å²) in [6.45, 7) is 12.5. The molecule has 0 spiro atoms. The van der Waals surface area contributed by atoms with Crippen LogP contribution in [0, 0.1) is 11.8 Å². The molecule has 1 aliphatic rings. The molecule has 18 heavy (non-hydrogen) atoms. The van der Waals surface area contributed by atoms with E-state index in [1.54, 1.807) is 0 Å². The summed E-state index contributed by atoms with van der Waals surface area (Å²) in [5.41, 5.74) is 0. The average molecular weight is 257 g/mol. The SMILES string of the molecule is CCCNC(C1CCOCC1)C(OCC)C(C)C. The van der Waals surface area contributed by atoms with Crippen molar-refractivity contribution in [3.05, 3.63) is 0 Å². The van der Waals surface area contributed by atoms with Gasteiger partial charge in [0, 0.05) is 25.9 Å². The second-order valence-electron chi connectivity index (χ2n) is 5.59. The smallest absolute Gasteiger partial charge is 0.0753 e. The van der Waals surface area contributed by atoms with Crippen LogP contribution < -0.4 is 5.32 Å². The van der Waals surface area contributed by atoms with E-state index in [0.29, 0.717) is 24.0 Å². The molecule has 0 radical (unpaired) electrons. The molecule has 1 aliphatic heterocycles. The van der Waals surface area contributed by atoms with Crippen LogP contribution in [-0.2, 0) is 9.47 Å². The summed E-state index contributed by atoms with van der Waals surface area (Å²) in [5.74, 6) is 1.26. The van der Waals surface area contributed by atoms with Crippen LogP contribution in [-0.4, -0.2) is 38.5 Å². The van der Waals surface area contributed by atoms with Crippen molar-refractivity contribution in [2.24, 2.45) is 11.8 Å². The fraction of sp³-hybridized carbons (Fsp3) is 1.00. The van der Waals surface area contributed by atoms with E-state index in [9.17, 15) is 0 Å². The van der Waals surface area contributed by atoms with Crippen LogP contribution in [0.1, 0.15) is 47.0 Å². The Hall–Kier alpha value is -0.120. The summed E-state index contributed by atoms with van der Waals surface area (Å²) < 4.78 is 11.5. The number of ether oxygens (including phenoxy) is 2. The molecule has 2 unspecified atom stereocenters. The lowest BCUT2D eigenvalue weighted by Gasteiger charge is -2.38. The highest BCUT2D eigenvalue weighted by Gasteiger charge is 2.32. The van der Waals surface area contributed by atoms with Gasteiger partial charge in [0.1, 0.15) is 0 Å². The van der Waals surface area contributed by atoms with Gasteiger partial charge in [-0.05, 0) is 44.6 Å². The highest BCUT2D eigenvalue weighted by atomic mass is 16.5. The first-order chi connectivity index (χ1) is 8.70. The van der Waals surface area contributed by atoms with Gasteiger partial charge in [0.15, 0.2) is 0 Å². The fourth-order valence-corrected chi connectivity index (χ4v) is 2.84. The average Bonchev–Trinajstić information content (AvgIpc) is 2.39. The van der Waals surface area contributed by atoms with Crippen molar-refractivity contribution in [2.75, 3.05) is 26.4 Å². The molecule has 1 fully saturated rings. The molecule has 0 aromatic heterocycles. The second-order valence-corrected chi connectivity index (χ2v) is 5.59. The molecule has 1 heterocycles. The first-order valence-electron chi connectivity index (χ1n) is 7.63. The van der Waals surface area contributed by atoms with Crippen molar-refractivity contribution in [3.8, 4) is 0 Å². The monoisotopic (exact) mass is 257 g/mol. The first-order valence-corrected chi connectivity index (χ1v) is 7.63. The number of rotatable bonds is 8. The zero-order valence-corrected chi connectivity index (χ0v) is 12.6. The van der Waals surface area contributed by atoms with Crippen LogP contribution >= 0.6 is 0 Å². The molecule has 0 bridgehead atoms. The summed E-state index contributed by atoms with van der Waals surface area (Å²) in [6.07, 6.45) is 3.83. The van der Waals surface area contributed by atoms with Crippen LogP contribution in [0.3, 0.4) is 0 Å². The summed E-state index contributed by atoms with van der Waals surface area (Å²) in [4.78, 5) is 0. The van der Waals surface area contributed by atoms with Crippen LogP contribution in [0.15, 0.2) is 0 Å². The van der Waals surface area contributed by atoms with Crippen molar-refractivity contribution < 1.29 is 9.47 Å². The van der Waals surface area contributed by atoms with Gasteiger partial charge in [0.25, 0.3) is 0 Å². The van der Waals surface area contributed by atoms with Gasteiger partial charge in [-0.25, -0.2) is 0 Å². The van der Waals surface area contributed by atoms with Crippen molar-refractivity contribution in [1.82, 2.24) is 5.32 Å². The third-order valence-electron chi connectivity index (χ3n) is 3.77. The van der Waals surface area contributed by atoms with E-state index in [1.165, 1.54) is 6.42 Å². The molecule has 108 valence electrons. The molecule has 1 rings (SSSR count). The number of hydrogen-bond acceptors (Lipinski definition) is 3. The van der Waals surface area contributed by atoms with E-state index < -0.39 is 0 Å². The Balaban J connectivity index is 2.66. The van der Waals surface area contributed by atoms with Gasteiger partial charge in [0.05, 0.1) is 6.10 Å². The third kappa shape index (κ3) is 4.87. The molecule has 2 atom stereocenters. The first kappa shape index (κ1) is 15.9.